The van der Waals surface area contributed by atoms with Gasteiger partial charge in [-0.15, -0.1) is 0 Å². The van der Waals surface area contributed by atoms with Crippen LogP contribution < -0.4 is 4.72 Å². The van der Waals surface area contributed by atoms with Gasteiger partial charge in [-0.05, 0) is 25.1 Å². The number of pyridine rings is 1. The summed E-state index contributed by atoms with van der Waals surface area (Å²) >= 11 is 0. The zero-order valence-electron chi connectivity index (χ0n) is 10.5. The van der Waals surface area contributed by atoms with Crippen molar-refractivity contribution in [3.8, 4) is 0 Å². The first-order chi connectivity index (χ1) is 9.40. The maximum absolute atomic E-state index is 12.0. The number of aryl methyl sites for hydroxylation is 1. The third-order valence-electron chi connectivity index (χ3n) is 2.57. The minimum absolute atomic E-state index is 0.0388. The van der Waals surface area contributed by atoms with Crippen LogP contribution in [0.15, 0.2) is 47.5 Å². The minimum atomic E-state index is -3.75. The maximum atomic E-state index is 12.0. The van der Waals surface area contributed by atoms with Crippen molar-refractivity contribution >= 4 is 21.5 Å². The van der Waals surface area contributed by atoms with Crippen molar-refractivity contribution in [2.24, 2.45) is 0 Å². The monoisotopic (exact) mass is 293 g/mol. The van der Waals surface area contributed by atoms with Crippen molar-refractivity contribution in [2.75, 3.05) is 4.72 Å². The number of hydrogen-bond donors (Lipinski definition) is 1. The van der Waals surface area contributed by atoms with Gasteiger partial charge in [0.05, 0.1) is 9.82 Å². The molecule has 8 heteroatoms. The first-order valence-electron chi connectivity index (χ1n) is 5.59. The third kappa shape index (κ3) is 2.91. The number of sulfonamides is 1. The minimum Gasteiger partial charge on any atom is -0.263 e. The van der Waals surface area contributed by atoms with Gasteiger partial charge in [-0.1, -0.05) is 18.2 Å². The van der Waals surface area contributed by atoms with Crippen molar-refractivity contribution in [1.82, 2.24) is 4.98 Å². The predicted octanol–water partition coefficient (Wildman–Crippen LogP) is 2.10. The fourth-order valence-corrected chi connectivity index (χ4v) is 2.61. The van der Waals surface area contributed by atoms with Crippen LogP contribution >= 0.6 is 0 Å². The van der Waals surface area contributed by atoms with E-state index < -0.39 is 14.9 Å². The molecular formula is C12H11N3O4S. The SMILES string of the molecule is Cc1cc(NS(=O)(=O)c2ccccc2)ncc1[N+](=O)[O-]. The Morgan fingerprint density at radius 3 is 2.45 bits per heavy atom. The number of hydrogen-bond acceptors (Lipinski definition) is 5. The van der Waals surface area contributed by atoms with Crippen LogP contribution in [0.25, 0.3) is 0 Å². The Labute approximate surface area is 115 Å². The van der Waals surface area contributed by atoms with E-state index in [4.69, 9.17) is 0 Å². The number of nitro groups is 1. The van der Waals surface area contributed by atoms with E-state index in [1.165, 1.54) is 25.1 Å². The van der Waals surface area contributed by atoms with Crippen LogP contribution in [0.4, 0.5) is 11.5 Å². The van der Waals surface area contributed by atoms with Gasteiger partial charge in [0, 0.05) is 5.56 Å². The lowest BCUT2D eigenvalue weighted by molar-refractivity contribution is -0.385. The molecule has 0 bridgehead atoms. The quantitative estimate of drug-likeness (QED) is 0.687. The Hall–Kier alpha value is -2.48. The summed E-state index contributed by atoms with van der Waals surface area (Å²) in [5.41, 5.74) is 0.170. The maximum Gasteiger partial charge on any atom is 0.290 e. The molecule has 1 heterocycles. The van der Waals surface area contributed by atoms with E-state index in [9.17, 15) is 18.5 Å². The summed E-state index contributed by atoms with van der Waals surface area (Å²) in [4.78, 5) is 13.9. The zero-order valence-corrected chi connectivity index (χ0v) is 11.3. The molecule has 1 aromatic carbocycles. The summed E-state index contributed by atoms with van der Waals surface area (Å²) in [6, 6.07) is 9.11. The number of rotatable bonds is 4. The number of nitrogens with one attached hydrogen (secondary N) is 1. The van der Waals surface area contributed by atoms with E-state index in [0.29, 0.717) is 5.56 Å². The highest BCUT2D eigenvalue weighted by atomic mass is 32.2. The average Bonchev–Trinajstić information content (AvgIpc) is 2.39. The summed E-state index contributed by atoms with van der Waals surface area (Å²) < 4.78 is 26.4. The summed E-state index contributed by atoms with van der Waals surface area (Å²) in [7, 11) is -3.75. The number of nitrogens with zero attached hydrogens (tertiary/aromatic N) is 2. The lowest BCUT2D eigenvalue weighted by Gasteiger charge is -2.07. The molecular weight excluding hydrogens is 282 g/mol. The zero-order chi connectivity index (χ0) is 14.8. The second kappa shape index (κ2) is 5.25. The van der Waals surface area contributed by atoms with E-state index in [-0.39, 0.29) is 16.4 Å². The molecule has 2 rings (SSSR count). The molecule has 0 saturated heterocycles. The van der Waals surface area contributed by atoms with Crippen LogP contribution in [0.3, 0.4) is 0 Å². The molecule has 0 spiro atoms. The molecule has 0 aliphatic heterocycles. The fourth-order valence-electron chi connectivity index (χ4n) is 1.59. The Morgan fingerprint density at radius 2 is 1.90 bits per heavy atom. The van der Waals surface area contributed by atoms with Crippen LogP contribution in [-0.2, 0) is 10.0 Å². The summed E-state index contributed by atoms with van der Waals surface area (Å²) in [6.07, 6.45) is 1.03. The smallest absolute Gasteiger partial charge is 0.263 e. The highest BCUT2D eigenvalue weighted by Gasteiger charge is 2.17. The van der Waals surface area contributed by atoms with Crippen LogP contribution in [0.2, 0.25) is 0 Å². The molecule has 2 aromatic rings. The van der Waals surface area contributed by atoms with Crippen molar-refractivity contribution in [1.29, 1.82) is 0 Å². The average molecular weight is 293 g/mol. The number of aromatic nitrogens is 1. The molecule has 0 atom stereocenters. The highest BCUT2D eigenvalue weighted by Crippen LogP contribution is 2.20. The largest absolute Gasteiger partial charge is 0.290 e. The second-order valence-corrected chi connectivity index (χ2v) is 5.71. The van der Waals surface area contributed by atoms with Gasteiger partial charge in [-0.25, -0.2) is 13.4 Å². The molecule has 7 nitrogen and oxygen atoms in total. The van der Waals surface area contributed by atoms with Crippen molar-refractivity contribution in [3.05, 3.63) is 58.3 Å². The summed E-state index contributed by atoms with van der Waals surface area (Å²) in [5.74, 6) is 0.0388. The van der Waals surface area contributed by atoms with Gasteiger partial charge in [0.15, 0.2) is 0 Å². The van der Waals surface area contributed by atoms with Crippen molar-refractivity contribution in [2.45, 2.75) is 11.8 Å². The molecule has 0 fully saturated rings. The lowest BCUT2D eigenvalue weighted by Crippen LogP contribution is -2.14. The molecule has 0 saturated carbocycles. The van der Waals surface area contributed by atoms with Crippen molar-refractivity contribution < 1.29 is 13.3 Å². The fraction of sp³-hybridized carbons (Fsp3) is 0.0833. The Balaban J connectivity index is 2.31. The molecule has 0 unspecified atom stereocenters. The molecule has 1 N–H and O–H groups in total. The lowest BCUT2D eigenvalue weighted by atomic mass is 10.2. The van der Waals surface area contributed by atoms with Crippen LogP contribution in [-0.4, -0.2) is 18.3 Å². The summed E-state index contributed by atoms with van der Waals surface area (Å²) in [6.45, 7) is 1.51. The Bertz CT molecular complexity index is 745. The van der Waals surface area contributed by atoms with Gasteiger partial charge in [-0.2, -0.15) is 0 Å². The number of benzene rings is 1. The Kier molecular flexibility index (Phi) is 3.66. The second-order valence-electron chi connectivity index (χ2n) is 4.03. The topological polar surface area (TPSA) is 102 Å². The van der Waals surface area contributed by atoms with E-state index in [1.807, 2.05) is 0 Å². The van der Waals surface area contributed by atoms with Gasteiger partial charge in [-0.3, -0.25) is 14.8 Å². The first-order valence-corrected chi connectivity index (χ1v) is 7.07. The molecule has 0 radical (unpaired) electrons. The Morgan fingerprint density at radius 1 is 1.25 bits per heavy atom. The third-order valence-corrected chi connectivity index (χ3v) is 3.94. The van der Waals surface area contributed by atoms with Crippen LogP contribution in [0.1, 0.15) is 5.56 Å². The van der Waals surface area contributed by atoms with Crippen LogP contribution in [0.5, 0.6) is 0 Å². The number of anilines is 1. The van der Waals surface area contributed by atoms with Crippen LogP contribution in [0, 0.1) is 17.0 Å². The summed E-state index contributed by atoms with van der Waals surface area (Å²) in [5, 5.41) is 10.7. The standard InChI is InChI=1S/C12H11N3O4S/c1-9-7-12(13-8-11(9)15(16)17)14-20(18,19)10-5-3-2-4-6-10/h2-8H,1H3,(H,13,14). The predicted molar refractivity (Wildman–Crippen MR) is 72.9 cm³/mol. The molecule has 20 heavy (non-hydrogen) atoms. The van der Waals surface area contributed by atoms with Gasteiger partial charge in [0.1, 0.15) is 12.0 Å². The molecule has 0 aliphatic rings. The van der Waals surface area contributed by atoms with E-state index in [1.54, 1.807) is 18.2 Å². The van der Waals surface area contributed by atoms with E-state index in [0.717, 1.165) is 6.20 Å². The normalized spacial score (nSPS) is 11.1. The van der Waals surface area contributed by atoms with Gasteiger partial charge < -0.3 is 0 Å². The first kappa shape index (κ1) is 13.9. The van der Waals surface area contributed by atoms with Gasteiger partial charge in [0.25, 0.3) is 15.7 Å². The molecule has 0 amide bonds. The molecule has 0 aliphatic carbocycles. The van der Waals surface area contributed by atoms with E-state index >= 15 is 0 Å². The van der Waals surface area contributed by atoms with Gasteiger partial charge in [0.2, 0.25) is 0 Å². The van der Waals surface area contributed by atoms with Gasteiger partial charge >= 0.3 is 0 Å². The van der Waals surface area contributed by atoms with Crippen molar-refractivity contribution in [3.63, 3.8) is 0 Å². The highest BCUT2D eigenvalue weighted by molar-refractivity contribution is 7.92. The van der Waals surface area contributed by atoms with E-state index in [2.05, 4.69) is 9.71 Å². The molecule has 1 aromatic heterocycles. The molecule has 104 valence electrons.